The number of pyridine rings is 1. The number of thioether (sulfide) groups is 1. The molecule has 0 saturated heterocycles. The molecule has 2 heterocycles. The minimum absolute atomic E-state index is 0.426. The van der Waals surface area contributed by atoms with Crippen LogP contribution in [0.2, 0.25) is 0 Å². The fourth-order valence-electron chi connectivity index (χ4n) is 2.43. The summed E-state index contributed by atoms with van der Waals surface area (Å²) in [4.78, 5) is 16.5. The highest BCUT2D eigenvalue weighted by Crippen LogP contribution is 2.28. The highest BCUT2D eigenvalue weighted by Gasteiger charge is 2.22. The van der Waals surface area contributed by atoms with Crippen LogP contribution in [-0.2, 0) is 11.3 Å². The number of nitrogens with zero attached hydrogens (tertiary/aromatic N) is 4. The standard InChI is InChI=1S/C19H17F2N5OS/c1-3-10-26-17(13-6-5-9-22-11-13)24-25-19(26)28-12(2)18(27)23-16-14(20)7-4-8-15(16)21/h3-9,11-12H,1,10H2,2H3,(H,23,27)/t12-/m1/s1. The van der Waals surface area contributed by atoms with Crippen LogP contribution in [0.4, 0.5) is 14.5 Å². The molecular weight excluding hydrogens is 384 g/mol. The van der Waals surface area contributed by atoms with Gasteiger partial charge in [0, 0.05) is 24.5 Å². The van der Waals surface area contributed by atoms with Gasteiger partial charge in [-0.15, -0.1) is 16.8 Å². The van der Waals surface area contributed by atoms with Crippen LogP contribution in [0.3, 0.4) is 0 Å². The van der Waals surface area contributed by atoms with Gasteiger partial charge in [0.25, 0.3) is 0 Å². The predicted molar refractivity (Wildman–Crippen MR) is 104 cm³/mol. The third-order valence-corrected chi connectivity index (χ3v) is 4.89. The zero-order valence-electron chi connectivity index (χ0n) is 15.0. The van der Waals surface area contributed by atoms with E-state index in [0.717, 1.165) is 29.5 Å². The lowest BCUT2D eigenvalue weighted by atomic mass is 10.3. The summed E-state index contributed by atoms with van der Waals surface area (Å²) in [6.07, 6.45) is 5.00. The molecular formula is C19H17F2N5OS. The predicted octanol–water partition coefficient (Wildman–Crippen LogP) is 3.92. The molecule has 1 aromatic carbocycles. The van der Waals surface area contributed by atoms with Gasteiger partial charge in [0.15, 0.2) is 11.0 Å². The maximum Gasteiger partial charge on any atom is 0.237 e. The number of amides is 1. The van der Waals surface area contributed by atoms with Gasteiger partial charge in [-0.05, 0) is 31.2 Å². The Kier molecular flexibility index (Phi) is 6.15. The van der Waals surface area contributed by atoms with E-state index in [9.17, 15) is 13.6 Å². The summed E-state index contributed by atoms with van der Waals surface area (Å²) in [5, 5.41) is 10.4. The SMILES string of the molecule is C=CCn1c(S[C@H](C)C(=O)Nc2c(F)cccc2F)nnc1-c1cccnc1. The number of halogens is 2. The van der Waals surface area contributed by atoms with E-state index in [-0.39, 0.29) is 0 Å². The number of allylic oxidation sites excluding steroid dienone is 1. The Morgan fingerprint density at radius 1 is 1.29 bits per heavy atom. The van der Waals surface area contributed by atoms with Gasteiger partial charge < -0.3 is 5.32 Å². The molecule has 0 bridgehead atoms. The normalized spacial score (nSPS) is 11.8. The van der Waals surface area contributed by atoms with Crippen molar-refractivity contribution in [2.24, 2.45) is 0 Å². The minimum Gasteiger partial charge on any atom is -0.320 e. The largest absolute Gasteiger partial charge is 0.320 e. The quantitative estimate of drug-likeness (QED) is 0.480. The van der Waals surface area contributed by atoms with E-state index in [4.69, 9.17) is 0 Å². The molecule has 0 aliphatic carbocycles. The number of anilines is 1. The number of rotatable bonds is 7. The van der Waals surface area contributed by atoms with Gasteiger partial charge in [-0.3, -0.25) is 14.3 Å². The van der Waals surface area contributed by atoms with Crippen molar-refractivity contribution >= 4 is 23.4 Å². The molecule has 6 nitrogen and oxygen atoms in total. The number of para-hydroxylation sites is 1. The topological polar surface area (TPSA) is 72.7 Å². The van der Waals surface area contributed by atoms with Crippen molar-refractivity contribution in [1.29, 1.82) is 0 Å². The fraction of sp³-hybridized carbons (Fsp3) is 0.158. The van der Waals surface area contributed by atoms with Crippen molar-refractivity contribution in [3.63, 3.8) is 0 Å². The van der Waals surface area contributed by atoms with Crippen LogP contribution in [0.5, 0.6) is 0 Å². The molecule has 1 amide bonds. The van der Waals surface area contributed by atoms with Gasteiger partial charge in [0.1, 0.15) is 17.3 Å². The molecule has 0 aliphatic heterocycles. The molecule has 2 aromatic heterocycles. The van der Waals surface area contributed by atoms with Crippen LogP contribution in [0.15, 0.2) is 60.5 Å². The second-order valence-electron chi connectivity index (χ2n) is 5.79. The van der Waals surface area contributed by atoms with Crippen molar-refractivity contribution in [2.45, 2.75) is 23.9 Å². The van der Waals surface area contributed by atoms with Gasteiger partial charge >= 0.3 is 0 Å². The number of hydrogen-bond acceptors (Lipinski definition) is 5. The molecule has 1 N–H and O–H groups in total. The van der Waals surface area contributed by atoms with Crippen LogP contribution in [0, 0.1) is 11.6 Å². The first-order valence-electron chi connectivity index (χ1n) is 8.37. The first kappa shape index (κ1) is 19.7. The molecule has 3 aromatic rings. The molecule has 3 rings (SSSR count). The summed E-state index contributed by atoms with van der Waals surface area (Å²) in [5.74, 6) is -1.63. The van der Waals surface area contributed by atoms with Crippen molar-refractivity contribution < 1.29 is 13.6 Å². The highest BCUT2D eigenvalue weighted by atomic mass is 32.2. The molecule has 0 fully saturated rings. The highest BCUT2D eigenvalue weighted by molar-refractivity contribution is 8.00. The zero-order chi connectivity index (χ0) is 20.1. The number of aromatic nitrogens is 4. The van der Waals surface area contributed by atoms with Gasteiger partial charge in [-0.2, -0.15) is 0 Å². The Morgan fingerprint density at radius 3 is 2.68 bits per heavy atom. The summed E-state index contributed by atoms with van der Waals surface area (Å²) in [6.45, 7) is 5.78. The molecule has 1 atom stereocenters. The molecule has 0 aliphatic rings. The summed E-state index contributed by atoms with van der Waals surface area (Å²) in [5.41, 5.74) is 0.304. The molecule has 144 valence electrons. The van der Waals surface area contributed by atoms with Crippen molar-refractivity contribution in [2.75, 3.05) is 5.32 Å². The second kappa shape index (κ2) is 8.75. The van der Waals surface area contributed by atoms with Crippen molar-refractivity contribution in [3.05, 3.63) is 67.0 Å². The first-order valence-corrected chi connectivity index (χ1v) is 9.25. The van der Waals surface area contributed by atoms with Gasteiger partial charge in [-0.1, -0.05) is 23.9 Å². The van der Waals surface area contributed by atoms with Crippen LogP contribution < -0.4 is 5.32 Å². The monoisotopic (exact) mass is 401 g/mol. The minimum atomic E-state index is -0.834. The maximum absolute atomic E-state index is 13.8. The van der Waals surface area contributed by atoms with E-state index in [2.05, 4.69) is 27.1 Å². The van der Waals surface area contributed by atoms with Crippen molar-refractivity contribution in [3.8, 4) is 11.4 Å². The molecule has 0 saturated carbocycles. The van der Waals surface area contributed by atoms with Crippen molar-refractivity contribution in [1.82, 2.24) is 19.7 Å². The van der Waals surface area contributed by atoms with Gasteiger partial charge in [-0.25, -0.2) is 8.78 Å². The fourth-order valence-corrected chi connectivity index (χ4v) is 3.29. The third-order valence-electron chi connectivity index (χ3n) is 3.81. The lowest BCUT2D eigenvalue weighted by Gasteiger charge is -2.13. The Labute approximate surface area is 164 Å². The van der Waals surface area contributed by atoms with Crippen LogP contribution in [0.1, 0.15) is 6.92 Å². The van der Waals surface area contributed by atoms with Gasteiger partial charge in [0.05, 0.1) is 5.25 Å². The maximum atomic E-state index is 13.8. The average molecular weight is 401 g/mol. The number of benzene rings is 1. The lowest BCUT2D eigenvalue weighted by Crippen LogP contribution is -2.24. The van der Waals surface area contributed by atoms with Crippen LogP contribution >= 0.6 is 11.8 Å². The zero-order valence-corrected chi connectivity index (χ0v) is 15.8. The van der Waals surface area contributed by atoms with E-state index in [1.165, 1.54) is 6.07 Å². The average Bonchev–Trinajstić information content (AvgIpc) is 3.08. The Bertz CT molecular complexity index is 973. The Morgan fingerprint density at radius 2 is 2.04 bits per heavy atom. The molecule has 0 unspecified atom stereocenters. The number of carbonyl (C=O) groups is 1. The number of hydrogen-bond donors (Lipinski definition) is 1. The van der Waals surface area contributed by atoms with Crippen LogP contribution in [0.25, 0.3) is 11.4 Å². The summed E-state index contributed by atoms with van der Waals surface area (Å²) in [7, 11) is 0. The summed E-state index contributed by atoms with van der Waals surface area (Å²) in [6, 6.07) is 7.03. The van der Waals surface area contributed by atoms with E-state index in [0.29, 0.717) is 17.5 Å². The molecule has 28 heavy (non-hydrogen) atoms. The van der Waals surface area contributed by atoms with E-state index < -0.39 is 28.5 Å². The van der Waals surface area contributed by atoms with Crippen LogP contribution in [-0.4, -0.2) is 30.9 Å². The number of nitrogens with one attached hydrogen (secondary N) is 1. The summed E-state index contributed by atoms with van der Waals surface area (Å²) >= 11 is 1.13. The number of carbonyl (C=O) groups excluding carboxylic acids is 1. The van der Waals surface area contributed by atoms with E-state index >= 15 is 0 Å². The van der Waals surface area contributed by atoms with E-state index in [1.807, 2.05) is 6.07 Å². The third kappa shape index (κ3) is 4.25. The molecule has 0 radical (unpaired) electrons. The van der Waals surface area contributed by atoms with Gasteiger partial charge in [0.2, 0.25) is 5.91 Å². The lowest BCUT2D eigenvalue weighted by molar-refractivity contribution is -0.115. The first-order chi connectivity index (χ1) is 13.5. The summed E-state index contributed by atoms with van der Waals surface area (Å²) < 4.78 is 29.3. The molecule has 0 spiro atoms. The second-order valence-corrected chi connectivity index (χ2v) is 7.10. The smallest absolute Gasteiger partial charge is 0.237 e. The molecule has 9 heteroatoms. The Hall–Kier alpha value is -3.07. The van der Waals surface area contributed by atoms with E-state index in [1.54, 1.807) is 36.0 Å². The Balaban J connectivity index is 1.80.